The van der Waals surface area contributed by atoms with Crippen molar-refractivity contribution in [3.05, 3.63) is 0 Å². The second-order valence-electron chi connectivity index (χ2n) is 5.49. The molecule has 2 aliphatic heterocycles. The Bertz CT molecular complexity index is 271. The number of rotatable bonds is 3. The average molecular weight is 271 g/mol. The van der Waals surface area contributed by atoms with E-state index in [2.05, 4.69) is 29.4 Å². The van der Waals surface area contributed by atoms with Crippen LogP contribution < -0.4 is 10.6 Å². The highest BCUT2D eigenvalue weighted by Crippen LogP contribution is 2.14. The smallest absolute Gasteiger partial charge is 0.238 e. The molecule has 5 heteroatoms. The monoisotopic (exact) mass is 271 g/mol. The second-order valence-corrected chi connectivity index (χ2v) is 6.64. The van der Waals surface area contributed by atoms with Gasteiger partial charge in [-0.2, -0.15) is 11.8 Å². The van der Waals surface area contributed by atoms with Gasteiger partial charge in [0, 0.05) is 43.2 Å². The van der Waals surface area contributed by atoms with Crippen molar-refractivity contribution in [1.82, 2.24) is 15.5 Å². The van der Waals surface area contributed by atoms with Gasteiger partial charge in [-0.25, -0.2) is 0 Å². The molecule has 0 spiro atoms. The van der Waals surface area contributed by atoms with Crippen molar-refractivity contribution < 1.29 is 4.79 Å². The average Bonchev–Trinajstić information content (AvgIpc) is 2.40. The summed E-state index contributed by atoms with van der Waals surface area (Å²) in [6.07, 6.45) is 2.17. The second kappa shape index (κ2) is 6.78. The van der Waals surface area contributed by atoms with E-state index in [4.69, 9.17) is 0 Å². The Morgan fingerprint density at radius 3 is 2.67 bits per heavy atom. The zero-order valence-electron chi connectivity index (χ0n) is 11.4. The minimum atomic E-state index is 0.0203. The van der Waals surface area contributed by atoms with Crippen LogP contribution in [0.25, 0.3) is 0 Å². The fourth-order valence-electron chi connectivity index (χ4n) is 2.60. The van der Waals surface area contributed by atoms with Crippen LogP contribution in [0.2, 0.25) is 0 Å². The molecule has 0 aromatic carbocycles. The van der Waals surface area contributed by atoms with Crippen LogP contribution in [-0.2, 0) is 4.79 Å². The molecule has 0 bridgehead atoms. The van der Waals surface area contributed by atoms with Crippen LogP contribution in [0.3, 0.4) is 0 Å². The molecule has 1 amide bonds. The highest BCUT2D eigenvalue weighted by atomic mass is 32.2. The van der Waals surface area contributed by atoms with Crippen LogP contribution in [0, 0.1) is 0 Å². The van der Waals surface area contributed by atoms with Crippen LogP contribution >= 0.6 is 11.8 Å². The van der Waals surface area contributed by atoms with Gasteiger partial charge in [0.15, 0.2) is 0 Å². The molecule has 0 aromatic rings. The summed E-state index contributed by atoms with van der Waals surface area (Å²) in [4.78, 5) is 14.6. The molecule has 2 fully saturated rings. The molecule has 1 atom stereocenters. The SMILES string of the molecule is CC(C)N1CCC(NC(=O)C2CSCCN2)CC1. The van der Waals surface area contributed by atoms with Crippen molar-refractivity contribution in [3.63, 3.8) is 0 Å². The van der Waals surface area contributed by atoms with Gasteiger partial charge in [-0.15, -0.1) is 0 Å². The van der Waals surface area contributed by atoms with Crippen LogP contribution in [0.4, 0.5) is 0 Å². The first-order valence-electron chi connectivity index (χ1n) is 7.02. The number of hydrogen-bond acceptors (Lipinski definition) is 4. The number of carbonyl (C=O) groups is 1. The van der Waals surface area contributed by atoms with E-state index in [0.717, 1.165) is 44.0 Å². The molecule has 2 aliphatic rings. The molecule has 4 nitrogen and oxygen atoms in total. The van der Waals surface area contributed by atoms with Crippen LogP contribution in [0.1, 0.15) is 26.7 Å². The highest BCUT2D eigenvalue weighted by molar-refractivity contribution is 7.99. The molecule has 0 aromatic heterocycles. The number of nitrogens with zero attached hydrogens (tertiary/aromatic N) is 1. The first-order chi connectivity index (χ1) is 8.66. The molecule has 104 valence electrons. The third kappa shape index (κ3) is 3.87. The molecule has 0 saturated carbocycles. The molecule has 0 radical (unpaired) electrons. The van der Waals surface area contributed by atoms with Gasteiger partial charge in [-0.05, 0) is 26.7 Å². The molecular weight excluding hydrogens is 246 g/mol. The fourth-order valence-corrected chi connectivity index (χ4v) is 3.53. The third-order valence-corrected chi connectivity index (χ3v) is 4.91. The zero-order valence-corrected chi connectivity index (χ0v) is 12.3. The van der Waals surface area contributed by atoms with Gasteiger partial charge in [-0.3, -0.25) is 4.79 Å². The standard InChI is InChI=1S/C13H25N3OS/c1-10(2)16-6-3-11(4-7-16)15-13(17)12-9-18-8-5-14-12/h10-12,14H,3-9H2,1-2H3,(H,15,17). The lowest BCUT2D eigenvalue weighted by atomic mass is 10.0. The topological polar surface area (TPSA) is 44.4 Å². The zero-order chi connectivity index (χ0) is 13.0. The maximum absolute atomic E-state index is 12.1. The summed E-state index contributed by atoms with van der Waals surface area (Å²) in [6, 6.07) is 1.02. The summed E-state index contributed by atoms with van der Waals surface area (Å²) in [5.74, 6) is 2.23. The minimum Gasteiger partial charge on any atom is -0.352 e. The van der Waals surface area contributed by atoms with Crippen LogP contribution in [-0.4, -0.2) is 60.1 Å². The molecule has 2 saturated heterocycles. The molecule has 18 heavy (non-hydrogen) atoms. The number of thioether (sulfide) groups is 1. The van der Waals surface area contributed by atoms with Gasteiger partial charge in [0.05, 0.1) is 6.04 Å². The first kappa shape index (κ1) is 14.2. The van der Waals surface area contributed by atoms with Gasteiger partial charge < -0.3 is 15.5 Å². The highest BCUT2D eigenvalue weighted by Gasteiger charge is 2.26. The van der Waals surface area contributed by atoms with E-state index in [1.807, 2.05) is 11.8 Å². The lowest BCUT2D eigenvalue weighted by Crippen LogP contribution is -2.54. The van der Waals surface area contributed by atoms with Gasteiger partial charge in [0.2, 0.25) is 5.91 Å². The third-order valence-electron chi connectivity index (χ3n) is 3.84. The van der Waals surface area contributed by atoms with Crippen molar-refractivity contribution in [2.45, 2.75) is 44.8 Å². The summed E-state index contributed by atoms with van der Waals surface area (Å²) in [5.41, 5.74) is 0. The maximum Gasteiger partial charge on any atom is 0.238 e. The van der Waals surface area contributed by atoms with Gasteiger partial charge in [-0.1, -0.05) is 0 Å². The molecule has 2 N–H and O–H groups in total. The number of amides is 1. The number of piperidine rings is 1. The van der Waals surface area contributed by atoms with Gasteiger partial charge >= 0.3 is 0 Å². The largest absolute Gasteiger partial charge is 0.352 e. The normalized spacial score (nSPS) is 27.4. The fraction of sp³-hybridized carbons (Fsp3) is 0.923. The lowest BCUT2D eigenvalue weighted by molar-refractivity contribution is -0.123. The summed E-state index contributed by atoms with van der Waals surface area (Å²) in [7, 11) is 0. The number of carbonyl (C=O) groups excluding carboxylic acids is 1. The van der Waals surface area contributed by atoms with E-state index in [1.165, 1.54) is 0 Å². The van der Waals surface area contributed by atoms with Crippen molar-refractivity contribution >= 4 is 17.7 Å². The van der Waals surface area contributed by atoms with Gasteiger partial charge in [0.25, 0.3) is 0 Å². The van der Waals surface area contributed by atoms with Crippen LogP contribution in [0.15, 0.2) is 0 Å². The summed E-state index contributed by atoms with van der Waals surface area (Å²) in [6.45, 7) is 7.64. The Morgan fingerprint density at radius 1 is 1.39 bits per heavy atom. The van der Waals surface area contributed by atoms with E-state index in [9.17, 15) is 4.79 Å². The van der Waals surface area contributed by atoms with Crippen molar-refractivity contribution in [3.8, 4) is 0 Å². The summed E-state index contributed by atoms with van der Waals surface area (Å²) < 4.78 is 0. The minimum absolute atomic E-state index is 0.0203. The van der Waals surface area contributed by atoms with Crippen molar-refractivity contribution in [2.24, 2.45) is 0 Å². The molecule has 1 unspecified atom stereocenters. The molecule has 2 rings (SSSR count). The lowest BCUT2D eigenvalue weighted by Gasteiger charge is -2.35. The van der Waals surface area contributed by atoms with E-state index in [-0.39, 0.29) is 11.9 Å². The van der Waals surface area contributed by atoms with E-state index in [0.29, 0.717) is 12.1 Å². The Hall–Kier alpha value is -0.260. The number of likely N-dealkylation sites (tertiary alicyclic amines) is 1. The Balaban J connectivity index is 1.72. The Kier molecular flexibility index (Phi) is 5.33. The summed E-state index contributed by atoms with van der Waals surface area (Å²) in [5, 5.41) is 6.50. The first-order valence-corrected chi connectivity index (χ1v) is 8.18. The van der Waals surface area contributed by atoms with Crippen molar-refractivity contribution in [1.29, 1.82) is 0 Å². The predicted molar refractivity (Wildman–Crippen MR) is 77.0 cm³/mol. The summed E-state index contributed by atoms with van der Waals surface area (Å²) >= 11 is 1.87. The van der Waals surface area contributed by atoms with Gasteiger partial charge in [0.1, 0.15) is 0 Å². The number of hydrogen-bond donors (Lipinski definition) is 2. The Morgan fingerprint density at radius 2 is 2.11 bits per heavy atom. The Labute approximate surface area is 114 Å². The predicted octanol–water partition coefficient (Wildman–Crippen LogP) is 0.680. The molecular formula is C13H25N3OS. The van der Waals surface area contributed by atoms with E-state index < -0.39 is 0 Å². The van der Waals surface area contributed by atoms with E-state index >= 15 is 0 Å². The molecule has 0 aliphatic carbocycles. The van der Waals surface area contributed by atoms with Crippen LogP contribution in [0.5, 0.6) is 0 Å². The molecule has 2 heterocycles. The van der Waals surface area contributed by atoms with E-state index in [1.54, 1.807) is 0 Å². The number of nitrogens with one attached hydrogen (secondary N) is 2. The van der Waals surface area contributed by atoms with Crippen molar-refractivity contribution in [2.75, 3.05) is 31.1 Å². The quantitative estimate of drug-likeness (QED) is 0.792. The maximum atomic E-state index is 12.1.